The maximum Gasteiger partial charge on any atom is -0.107 e. The molecule has 0 unspecified atom stereocenters. The second-order valence-corrected chi connectivity index (χ2v) is 3.03. The maximum absolute atomic E-state index is 3.53. The van der Waals surface area contributed by atoms with Gasteiger partial charge in [-0.1, -0.05) is 0 Å². The second-order valence-electron chi connectivity index (χ2n) is 0.697. The van der Waals surface area contributed by atoms with E-state index in [1.54, 1.807) is 0 Å². The number of allylic oxidation sites excluding steroid dienone is 1. The van der Waals surface area contributed by atoms with E-state index in [4.69, 9.17) is 0 Å². The van der Waals surface area contributed by atoms with Crippen molar-refractivity contribution < 1.29 is 0 Å². The summed E-state index contributed by atoms with van der Waals surface area (Å²) in [5.74, 6) is 0. The third-order valence-electron chi connectivity index (χ3n) is 0.289. The summed E-state index contributed by atoms with van der Waals surface area (Å²) in [5.41, 5.74) is 0. The molecule has 0 N–H and O–H groups in total. The molecule has 0 atom stereocenters. The van der Waals surface area contributed by atoms with E-state index in [9.17, 15) is 0 Å². The Balaban J connectivity index is -0.0000000450. The van der Waals surface area contributed by atoms with Crippen molar-refractivity contribution in [3.63, 3.8) is 0 Å². The van der Waals surface area contributed by atoms with Gasteiger partial charge in [-0.15, -0.1) is 48.0 Å². The van der Waals surface area contributed by atoms with E-state index in [-0.39, 0.29) is 48.0 Å². The van der Waals surface area contributed by atoms with Crippen molar-refractivity contribution in [2.45, 2.75) is 4.18 Å². The zero-order valence-electron chi connectivity index (χ0n) is 3.81. The Labute approximate surface area is 87.8 Å². The van der Waals surface area contributed by atoms with Crippen LogP contribution in [-0.4, -0.2) is 24.4 Å². The summed E-state index contributed by atoms with van der Waals surface area (Å²) < 4.78 is 1.29. The van der Waals surface area contributed by atoms with Crippen LogP contribution in [0.1, 0.15) is 0 Å². The first-order valence-corrected chi connectivity index (χ1v) is 5.56. The SMILES string of the molecule is C=C[CH2][InH2].I.I. The van der Waals surface area contributed by atoms with Crippen LogP contribution in [-0.2, 0) is 0 Å². The van der Waals surface area contributed by atoms with Crippen molar-refractivity contribution in [2.24, 2.45) is 0 Å². The van der Waals surface area contributed by atoms with Crippen LogP contribution in [0.2, 0.25) is 4.18 Å². The molecule has 0 rings (SSSR count). The molecule has 3 heteroatoms. The summed E-state index contributed by atoms with van der Waals surface area (Å²) >= 11 is 0.867. The van der Waals surface area contributed by atoms with Gasteiger partial charge in [-0.05, 0) is 0 Å². The van der Waals surface area contributed by atoms with Crippen molar-refractivity contribution in [2.75, 3.05) is 0 Å². The molecule has 0 fully saturated rings. The van der Waals surface area contributed by atoms with Gasteiger partial charge < -0.3 is 0 Å². The Bertz CT molecular complexity index is 22.8. The third-order valence-corrected chi connectivity index (χ3v) is 1.94. The predicted octanol–water partition coefficient (Wildman–Crippen LogP) is 1.46. The van der Waals surface area contributed by atoms with Crippen LogP contribution in [0.3, 0.4) is 0 Å². The average molecular weight is 414 g/mol. The van der Waals surface area contributed by atoms with Crippen molar-refractivity contribution in [1.82, 2.24) is 0 Å². The molecule has 0 aromatic rings. The molecule has 0 radical (unpaired) electrons. The Morgan fingerprint density at radius 1 is 1.50 bits per heavy atom. The summed E-state index contributed by atoms with van der Waals surface area (Å²) in [6, 6.07) is 0. The molecule has 0 aromatic carbocycles. The fraction of sp³-hybridized carbons (Fsp3) is 0.333. The molecule has 0 saturated carbocycles. The maximum atomic E-state index is 3.53. The molecule has 0 saturated heterocycles. The van der Waals surface area contributed by atoms with Crippen molar-refractivity contribution in [1.29, 1.82) is 0 Å². The van der Waals surface area contributed by atoms with E-state index in [0.717, 1.165) is 24.4 Å². The fourth-order valence-corrected chi connectivity index (χ4v) is 0. The molecular formula is C3H9I2In. The van der Waals surface area contributed by atoms with Crippen LogP contribution in [0.5, 0.6) is 0 Å². The molecule has 0 spiro atoms. The van der Waals surface area contributed by atoms with Gasteiger partial charge in [-0.2, -0.15) is 0 Å². The van der Waals surface area contributed by atoms with Crippen LogP contribution in [0.25, 0.3) is 0 Å². The Morgan fingerprint density at radius 3 is 1.67 bits per heavy atom. The van der Waals surface area contributed by atoms with E-state index >= 15 is 0 Å². The molecule has 0 aliphatic carbocycles. The largest absolute Gasteiger partial charge is 0.107 e. The van der Waals surface area contributed by atoms with Gasteiger partial charge in [-0.3, -0.25) is 0 Å². The molecular weight excluding hydrogens is 405 g/mol. The van der Waals surface area contributed by atoms with E-state index in [2.05, 4.69) is 6.58 Å². The van der Waals surface area contributed by atoms with E-state index in [0.29, 0.717) is 0 Å². The van der Waals surface area contributed by atoms with Crippen molar-refractivity contribution in [3.8, 4) is 0 Å². The van der Waals surface area contributed by atoms with E-state index in [1.807, 2.05) is 6.08 Å². The molecule has 0 heterocycles. The van der Waals surface area contributed by atoms with Gasteiger partial charge in [0, 0.05) is 0 Å². The normalized spacial score (nSPS) is 4.00. The van der Waals surface area contributed by atoms with Crippen LogP contribution in [0.15, 0.2) is 12.7 Å². The zero-order valence-corrected chi connectivity index (χ0v) is 14.2. The van der Waals surface area contributed by atoms with Gasteiger partial charge in [0.15, 0.2) is 0 Å². The van der Waals surface area contributed by atoms with Gasteiger partial charge in [0.1, 0.15) is 0 Å². The minimum absolute atomic E-state index is 0. The second kappa shape index (κ2) is 15.7. The minimum Gasteiger partial charge on any atom is -0.107 e. The first kappa shape index (κ1) is 15.7. The molecule has 0 amide bonds. The standard InChI is InChI=1S/C3H5.2HI.In.2H/c1-3-2;;;;;/h3H,1-2H2;2*1H;;;. The van der Waals surface area contributed by atoms with Gasteiger partial charge in [-0.25, -0.2) is 0 Å². The summed E-state index contributed by atoms with van der Waals surface area (Å²) in [5, 5.41) is 0. The summed E-state index contributed by atoms with van der Waals surface area (Å²) in [4.78, 5) is 0. The third kappa shape index (κ3) is 16.6. The summed E-state index contributed by atoms with van der Waals surface area (Å²) in [6.45, 7) is 3.53. The molecule has 6 heavy (non-hydrogen) atoms. The number of rotatable bonds is 1. The molecule has 0 bridgehead atoms. The van der Waals surface area contributed by atoms with Gasteiger partial charge in [0.2, 0.25) is 0 Å². The number of hydrogen-bond acceptors (Lipinski definition) is 0. The monoisotopic (exact) mass is 414 g/mol. The minimum atomic E-state index is 0. The van der Waals surface area contributed by atoms with Crippen LogP contribution < -0.4 is 0 Å². The van der Waals surface area contributed by atoms with Crippen LogP contribution in [0.4, 0.5) is 0 Å². The smallest absolute Gasteiger partial charge is 0.107 e. The Kier molecular flexibility index (Phi) is 41.1. The molecule has 38 valence electrons. The Morgan fingerprint density at radius 2 is 1.67 bits per heavy atom. The Hall–Kier alpha value is 2.07. The summed E-state index contributed by atoms with van der Waals surface area (Å²) in [6.07, 6.45) is 1.97. The van der Waals surface area contributed by atoms with Gasteiger partial charge in [0.25, 0.3) is 0 Å². The average Bonchev–Trinajstić information content (AvgIpc) is 1.37. The van der Waals surface area contributed by atoms with Crippen molar-refractivity contribution in [3.05, 3.63) is 12.7 Å². The van der Waals surface area contributed by atoms with E-state index < -0.39 is 0 Å². The zero-order chi connectivity index (χ0) is 3.41. The number of halogens is 2. The van der Waals surface area contributed by atoms with Gasteiger partial charge >= 0.3 is 41.2 Å². The van der Waals surface area contributed by atoms with Gasteiger partial charge in [0.05, 0.1) is 0 Å². The summed E-state index contributed by atoms with van der Waals surface area (Å²) in [7, 11) is 0. The van der Waals surface area contributed by atoms with Crippen molar-refractivity contribution >= 4 is 72.3 Å². The molecule has 0 aliphatic heterocycles. The first-order chi connectivity index (χ1) is 1.91. The molecule has 0 aromatic heterocycles. The first-order valence-electron chi connectivity index (χ1n) is 1.52. The molecule has 0 nitrogen and oxygen atoms in total. The van der Waals surface area contributed by atoms with Crippen LogP contribution in [0, 0.1) is 0 Å². The fourth-order valence-electron chi connectivity index (χ4n) is 0. The molecule has 0 aliphatic rings. The van der Waals surface area contributed by atoms with E-state index in [1.165, 1.54) is 4.18 Å². The topological polar surface area (TPSA) is 0 Å². The quantitative estimate of drug-likeness (QED) is 0.451. The predicted molar refractivity (Wildman–Crippen MR) is 54.4 cm³/mol. The number of hydrogen-bond donors (Lipinski definition) is 0. The van der Waals surface area contributed by atoms with Crippen LogP contribution >= 0.6 is 48.0 Å².